The minimum atomic E-state index is -3.61. The maximum atomic E-state index is 12.6. The van der Waals surface area contributed by atoms with Crippen LogP contribution in [0.4, 0.5) is 5.69 Å². The molecule has 0 saturated heterocycles. The molecule has 1 saturated carbocycles. The first-order valence-corrected chi connectivity index (χ1v) is 12.2. The van der Waals surface area contributed by atoms with Crippen molar-refractivity contribution in [1.82, 2.24) is 10.0 Å². The van der Waals surface area contributed by atoms with Crippen LogP contribution in [0.25, 0.3) is 0 Å². The van der Waals surface area contributed by atoms with Crippen LogP contribution >= 0.6 is 0 Å². The van der Waals surface area contributed by atoms with Crippen LogP contribution in [0, 0.1) is 0 Å². The number of hydrogen-bond donors (Lipinski definition) is 2. The molecule has 1 amide bonds. The monoisotopic (exact) mass is 429 g/mol. The molecule has 1 aliphatic carbocycles. The van der Waals surface area contributed by atoms with Crippen molar-refractivity contribution >= 4 is 21.6 Å². The first-order chi connectivity index (χ1) is 14.5. The zero-order chi connectivity index (χ0) is 21.4. The summed E-state index contributed by atoms with van der Waals surface area (Å²) in [5, 5.41) is 2.90. The maximum Gasteiger partial charge on any atom is 0.251 e. The molecule has 30 heavy (non-hydrogen) atoms. The van der Waals surface area contributed by atoms with Gasteiger partial charge in [0.15, 0.2) is 0 Å². The SMILES string of the molecule is CCN(CCCNC(=O)c1cccc(S(=O)(=O)NC2CCCC2)c1)c1ccccc1. The van der Waals surface area contributed by atoms with Crippen LogP contribution in [-0.2, 0) is 10.0 Å². The highest BCUT2D eigenvalue weighted by Crippen LogP contribution is 2.21. The standard InChI is InChI=1S/C23H31N3O3S/c1-2-26(21-13-4-3-5-14-21)17-9-16-24-23(27)19-10-8-15-22(18-19)30(28,29)25-20-11-6-7-12-20/h3-5,8,10,13-15,18,20,25H,2,6-7,9,11-12,16-17H2,1H3,(H,24,27). The van der Waals surface area contributed by atoms with Crippen molar-refractivity contribution in [2.45, 2.75) is 50.0 Å². The van der Waals surface area contributed by atoms with Crippen molar-refractivity contribution < 1.29 is 13.2 Å². The highest BCUT2D eigenvalue weighted by molar-refractivity contribution is 7.89. The van der Waals surface area contributed by atoms with Crippen molar-refractivity contribution in [3.05, 3.63) is 60.2 Å². The third-order valence-electron chi connectivity index (χ3n) is 5.48. The summed E-state index contributed by atoms with van der Waals surface area (Å²) in [5.74, 6) is -0.254. The van der Waals surface area contributed by atoms with E-state index >= 15 is 0 Å². The molecule has 1 aliphatic rings. The van der Waals surface area contributed by atoms with Crippen LogP contribution in [0.5, 0.6) is 0 Å². The molecule has 0 atom stereocenters. The van der Waals surface area contributed by atoms with Gasteiger partial charge in [0.25, 0.3) is 5.91 Å². The third-order valence-corrected chi connectivity index (χ3v) is 7.00. The lowest BCUT2D eigenvalue weighted by Crippen LogP contribution is -2.33. The Hall–Kier alpha value is -2.38. The Bertz CT molecular complexity index is 926. The van der Waals surface area contributed by atoms with E-state index in [2.05, 4.69) is 34.0 Å². The Morgan fingerprint density at radius 3 is 2.50 bits per heavy atom. The van der Waals surface area contributed by atoms with Gasteiger partial charge in [0.05, 0.1) is 4.90 Å². The van der Waals surface area contributed by atoms with Crippen LogP contribution in [-0.4, -0.2) is 40.0 Å². The van der Waals surface area contributed by atoms with E-state index in [1.165, 1.54) is 17.8 Å². The van der Waals surface area contributed by atoms with E-state index in [-0.39, 0.29) is 16.8 Å². The normalized spacial score (nSPS) is 14.6. The van der Waals surface area contributed by atoms with Crippen LogP contribution in [0.1, 0.15) is 49.4 Å². The van der Waals surface area contributed by atoms with Crippen LogP contribution in [0.2, 0.25) is 0 Å². The fraction of sp³-hybridized carbons (Fsp3) is 0.435. The number of amides is 1. The lowest BCUT2D eigenvalue weighted by Gasteiger charge is -2.23. The van der Waals surface area contributed by atoms with Crippen LogP contribution in [0.15, 0.2) is 59.5 Å². The zero-order valence-electron chi connectivity index (χ0n) is 17.5. The quantitative estimate of drug-likeness (QED) is 0.566. The molecule has 2 N–H and O–H groups in total. The molecule has 0 heterocycles. The molecule has 0 aromatic heterocycles. The van der Waals surface area contributed by atoms with Crippen LogP contribution < -0.4 is 14.9 Å². The summed E-state index contributed by atoms with van der Waals surface area (Å²) in [6.45, 7) is 4.36. The molecule has 0 bridgehead atoms. The summed E-state index contributed by atoms with van der Waals surface area (Å²) in [7, 11) is -3.61. The molecule has 0 radical (unpaired) electrons. The largest absolute Gasteiger partial charge is 0.372 e. The van der Waals surface area contributed by atoms with E-state index in [1.807, 2.05) is 18.2 Å². The summed E-state index contributed by atoms with van der Waals surface area (Å²) in [6, 6.07) is 16.4. The minimum absolute atomic E-state index is 0.00129. The zero-order valence-corrected chi connectivity index (χ0v) is 18.3. The fourth-order valence-corrected chi connectivity index (χ4v) is 5.17. The molecule has 6 nitrogen and oxygen atoms in total. The Kier molecular flexibility index (Phi) is 7.87. The van der Waals surface area contributed by atoms with Crippen molar-refractivity contribution in [3.8, 4) is 0 Å². The first-order valence-electron chi connectivity index (χ1n) is 10.7. The highest BCUT2D eigenvalue weighted by Gasteiger charge is 2.23. The lowest BCUT2D eigenvalue weighted by atomic mass is 10.2. The number of carbonyl (C=O) groups is 1. The molecule has 2 aromatic rings. The van der Waals surface area contributed by atoms with E-state index in [0.29, 0.717) is 12.1 Å². The van der Waals surface area contributed by atoms with Crippen molar-refractivity contribution in [2.75, 3.05) is 24.5 Å². The van der Waals surface area contributed by atoms with Gasteiger partial charge in [0.2, 0.25) is 10.0 Å². The van der Waals surface area contributed by atoms with E-state index < -0.39 is 10.0 Å². The second-order valence-electron chi connectivity index (χ2n) is 7.66. The Labute approximate surface area is 179 Å². The number of nitrogens with one attached hydrogen (secondary N) is 2. The van der Waals surface area contributed by atoms with Gasteiger partial charge in [-0.15, -0.1) is 0 Å². The number of hydrogen-bond acceptors (Lipinski definition) is 4. The Morgan fingerprint density at radius 1 is 1.07 bits per heavy atom. The number of nitrogens with zero attached hydrogens (tertiary/aromatic N) is 1. The average Bonchev–Trinajstić information content (AvgIpc) is 3.26. The minimum Gasteiger partial charge on any atom is -0.372 e. The summed E-state index contributed by atoms with van der Waals surface area (Å²) in [5.41, 5.74) is 1.53. The summed E-state index contributed by atoms with van der Waals surface area (Å²) < 4.78 is 28.0. The maximum absolute atomic E-state index is 12.6. The van der Waals surface area contributed by atoms with E-state index in [4.69, 9.17) is 0 Å². The average molecular weight is 430 g/mol. The molecule has 1 fully saturated rings. The van der Waals surface area contributed by atoms with Gasteiger partial charge in [0, 0.05) is 36.9 Å². The van der Waals surface area contributed by atoms with E-state index in [1.54, 1.807) is 12.1 Å². The lowest BCUT2D eigenvalue weighted by molar-refractivity contribution is 0.0953. The van der Waals surface area contributed by atoms with Gasteiger partial charge >= 0.3 is 0 Å². The number of carbonyl (C=O) groups excluding carboxylic acids is 1. The van der Waals surface area contributed by atoms with Crippen molar-refractivity contribution in [1.29, 1.82) is 0 Å². The van der Waals surface area contributed by atoms with Gasteiger partial charge in [0.1, 0.15) is 0 Å². The Morgan fingerprint density at radius 2 is 1.80 bits per heavy atom. The number of rotatable bonds is 10. The van der Waals surface area contributed by atoms with Gasteiger partial charge < -0.3 is 10.2 Å². The number of benzene rings is 2. The summed E-state index contributed by atoms with van der Waals surface area (Å²) in [6.07, 6.45) is 4.65. The second kappa shape index (κ2) is 10.6. The van der Waals surface area contributed by atoms with Gasteiger partial charge in [-0.05, 0) is 56.5 Å². The van der Waals surface area contributed by atoms with Gasteiger partial charge in [-0.25, -0.2) is 13.1 Å². The van der Waals surface area contributed by atoms with Gasteiger partial charge in [-0.1, -0.05) is 37.1 Å². The van der Waals surface area contributed by atoms with Crippen molar-refractivity contribution in [2.24, 2.45) is 0 Å². The first kappa shape index (κ1) is 22.3. The van der Waals surface area contributed by atoms with Gasteiger partial charge in [-0.2, -0.15) is 0 Å². The van der Waals surface area contributed by atoms with E-state index in [9.17, 15) is 13.2 Å². The highest BCUT2D eigenvalue weighted by atomic mass is 32.2. The van der Waals surface area contributed by atoms with Gasteiger partial charge in [-0.3, -0.25) is 4.79 Å². The topological polar surface area (TPSA) is 78.5 Å². The molecular formula is C23H31N3O3S. The molecule has 0 aliphatic heterocycles. The number of anilines is 1. The molecule has 162 valence electrons. The molecule has 0 spiro atoms. The molecular weight excluding hydrogens is 398 g/mol. The second-order valence-corrected chi connectivity index (χ2v) is 9.37. The Balaban J connectivity index is 1.52. The van der Waals surface area contributed by atoms with Crippen LogP contribution in [0.3, 0.4) is 0 Å². The molecule has 7 heteroatoms. The summed E-state index contributed by atoms with van der Waals surface area (Å²) in [4.78, 5) is 14.9. The molecule has 0 unspecified atom stereocenters. The fourth-order valence-electron chi connectivity index (χ4n) is 3.82. The predicted molar refractivity (Wildman–Crippen MR) is 120 cm³/mol. The summed E-state index contributed by atoms with van der Waals surface area (Å²) >= 11 is 0. The molecule has 3 rings (SSSR count). The number of sulfonamides is 1. The molecule has 2 aromatic carbocycles. The van der Waals surface area contributed by atoms with E-state index in [0.717, 1.165) is 45.2 Å². The van der Waals surface area contributed by atoms with Crippen molar-refractivity contribution in [3.63, 3.8) is 0 Å². The third kappa shape index (κ3) is 6.06. The number of para-hydroxylation sites is 1. The predicted octanol–water partition coefficient (Wildman–Crippen LogP) is 3.55. The smallest absolute Gasteiger partial charge is 0.251 e.